The highest BCUT2D eigenvalue weighted by atomic mass is 16.5. The van der Waals surface area contributed by atoms with E-state index in [4.69, 9.17) is 4.65 Å². The second kappa shape index (κ2) is 9.81. The van der Waals surface area contributed by atoms with Crippen molar-refractivity contribution in [3.05, 3.63) is 77.9 Å². The van der Waals surface area contributed by atoms with Gasteiger partial charge in [0.05, 0.1) is 11.2 Å². The van der Waals surface area contributed by atoms with Crippen molar-refractivity contribution >= 4 is 12.6 Å². The van der Waals surface area contributed by atoms with E-state index < -0.39 is 18.3 Å². The summed E-state index contributed by atoms with van der Waals surface area (Å²) in [7, 11) is -1.19. The maximum Gasteiger partial charge on any atom is 0.491 e. The molecule has 0 amide bonds. The number of rotatable bonds is 6. The Kier molecular flexibility index (Phi) is 7.68. The van der Waals surface area contributed by atoms with E-state index in [1.165, 1.54) is 11.1 Å². The van der Waals surface area contributed by atoms with E-state index in [1.54, 1.807) is 27.7 Å². The molecule has 0 fully saturated rings. The van der Waals surface area contributed by atoms with Gasteiger partial charge in [-0.3, -0.25) is 0 Å². The van der Waals surface area contributed by atoms with Gasteiger partial charge in [0.1, 0.15) is 0 Å². The van der Waals surface area contributed by atoms with E-state index >= 15 is 0 Å². The van der Waals surface area contributed by atoms with Crippen LogP contribution in [0.1, 0.15) is 80.4 Å². The van der Waals surface area contributed by atoms with E-state index in [9.17, 15) is 10.1 Å². The summed E-state index contributed by atoms with van der Waals surface area (Å²) < 4.78 is 6.00. The molecule has 3 aromatic carbocycles. The highest BCUT2D eigenvalue weighted by molar-refractivity contribution is 6.60. The minimum absolute atomic E-state index is 0.0764. The lowest BCUT2D eigenvalue weighted by molar-refractivity contribution is -0.0982. The molecule has 3 nitrogen and oxygen atoms in total. The average Bonchev–Trinajstić information content (AvgIpc) is 2.77. The van der Waals surface area contributed by atoms with Crippen molar-refractivity contribution < 1.29 is 14.8 Å². The van der Waals surface area contributed by atoms with Crippen molar-refractivity contribution in [3.63, 3.8) is 0 Å². The molecule has 0 heterocycles. The summed E-state index contributed by atoms with van der Waals surface area (Å²) in [4.78, 5) is 0. The maximum atomic E-state index is 11.1. The molecule has 0 unspecified atom stereocenters. The first-order chi connectivity index (χ1) is 16.4. The van der Waals surface area contributed by atoms with Gasteiger partial charge in [-0.1, -0.05) is 102 Å². The first kappa shape index (κ1) is 28.2. The van der Waals surface area contributed by atoms with Crippen LogP contribution in [0.25, 0.3) is 22.3 Å². The molecule has 4 heteroatoms. The van der Waals surface area contributed by atoms with Crippen molar-refractivity contribution in [3.8, 4) is 22.3 Å². The summed E-state index contributed by atoms with van der Waals surface area (Å²) in [6.45, 7) is 20.2. The lowest BCUT2D eigenvalue weighted by Gasteiger charge is -2.38. The summed E-state index contributed by atoms with van der Waals surface area (Å²) in [5, 5.41) is 21.7. The number of benzene rings is 3. The quantitative estimate of drug-likeness (QED) is 0.374. The molecule has 0 spiro atoms. The molecule has 0 saturated heterocycles. The Labute approximate surface area is 218 Å². The Bertz CT molecular complexity index is 1100. The van der Waals surface area contributed by atoms with Crippen molar-refractivity contribution in [2.45, 2.75) is 91.3 Å². The second-order valence-electron chi connectivity index (χ2n) is 13.0. The fourth-order valence-electron chi connectivity index (χ4n) is 3.94. The largest absolute Gasteiger partial charge is 0.491 e. The minimum Gasteiger partial charge on any atom is -0.423 e. The van der Waals surface area contributed by atoms with Crippen LogP contribution in [0.4, 0.5) is 0 Å². The van der Waals surface area contributed by atoms with Crippen LogP contribution in [-0.4, -0.2) is 28.5 Å². The fraction of sp³-hybridized carbons (Fsp3) is 0.438. The zero-order valence-electron chi connectivity index (χ0n) is 23.7. The van der Waals surface area contributed by atoms with Gasteiger partial charge in [0.15, 0.2) is 0 Å². The lowest BCUT2D eigenvalue weighted by Crippen LogP contribution is -2.53. The average molecular weight is 487 g/mol. The molecule has 36 heavy (non-hydrogen) atoms. The normalized spacial score (nSPS) is 13.1. The molecule has 0 atom stereocenters. The van der Waals surface area contributed by atoms with Gasteiger partial charge in [-0.25, -0.2) is 0 Å². The van der Waals surface area contributed by atoms with Gasteiger partial charge in [-0.15, -0.1) is 0 Å². The highest BCUT2D eigenvalue weighted by Gasteiger charge is 2.39. The van der Waals surface area contributed by atoms with Crippen LogP contribution < -0.4 is 5.46 Å². The van der Waals surface area contributed by atoms with Crippen LogP contribution in [0.15, 0.2) is 66.7 Å². The SMILES string of the molecule is CC(C)(C)c1ccc(-c2cc(B(O)OC(C)(C)C(C)(C)O)cc(-c3ccc(C(C)(C)C)cc3)c2)cc1. The predicted molar refractivity (Wildman–Crippen MR) is 154 cm³/mol. The zero-order valence-corrected chi connectivity index (χ0v) is 23.7. The first-order valence-corrected chi connectivity index (χ1v) is 12.8. The van der Waals surface area contributed by atoms with Crippen molar-refractivity contribution in [2.24, 2.45) is 0 Å². The smallest absolute Gasteiger partial charge is 0.423 e. The van der Waals surface area contributed by atoms with Crippen molar-refractivity contribution in [1.82, 2.24) is 0 Å². The molecule has 3 rings (SSSR count). The molecule has 0 saturated carbocycles. The van der Waals surface area contributed by atoms with Gasteiger partial charge >= 0.3 is 7.12 Å². The minimum atomic E-state index is -1.19. The molecule has 3 aromatic rings. The van der Waals surface area contributed by atoms with E-state index in [0.29, 0.717) is 5.46 Å². The number of hydrogen-bond acceptors (Lipinski definition) is 3. The second-order valence-corrected chi connectivity index (χ2v) is 13.0. The van der Waals surface area contributed by atoms with Crippen LogP contribution in [-0.2, 0) is 15.5 Å². The summed E-state index contributed by atoms with van der Waals surface area (Å²) in [5.41, 5.74) is 5.44. The van der Waals surface area contributed by atoms with Gasteiger partial charge in [-0.05, 0) is 83.4 Å². The third kappa shape index (κ3) is 6.48. The van der Waals surface area contributed by atoms with Crippen molar-refractivity contribution in [2.75, 3.05) is 0 Å². The van der Waals surface area contributed by atoms with E-state index in [1.807, 2.05) is 12.1 Å². The number of hydrogen-bond donors (Lipinski definition) is 2. The third-order valence-corrected chi connectivity index (χ3v) is 7.29. The molecular weight excluding hydrogens is 443 g/mol. The van der Waals surface area contributed by atoms with Crippen LogP contribution in [0.3, 0.4) is 0 Å². The highest BCUT2D eigenvalue weighted by Crippen LogP contribution is 2.31. The number of aliphatic hydroxyl groups is 1. The van der Waals surface area contributed by atoms with Gasteiger partial charge < -0.3 is 14.8 Å². The monoisotopic (exact) mass is 486 g/mol. The molecule has 0 aliphatic heterocycles. The summed E-state index contributed by atoms with van der Waals surface area (Å²) in [6.07, 6.45) is 0. The Morgan fingerprint density at radius 2 is 0.917 bits per heavy atom. The van der Waals surface area contributed by atoms with Gasteiger partial charge in [0.2, 0.25) is 0 Å². The van der Waals surface area contributed by atoms with Crippen LogP contribution >= 0.6 is 0 Å². The van der Waals surface area contributed by atoms with Crippen LogP contribution in [0.2, 0.25) is 0 Å². The standard InChI is InChI=1S/C32H43BO3/c1-29(2,3)26-15-11-22(12-16-26)24-19-25(23-13-17-27(18-14-23)30(4,5)6)21-28(20-24)33(35)36-32(9,10)31(7,8)34/h11-21,34-35H,1-10H3. The van der Waals surface area contributed by atoms with E-state index in [0.717, 1.165) is 22.3 Å². The molecule has 0 bridgehead atoms. The topological polar surface area (TPSA) is 49.7 Å². The van der Waals surface area contributed by atoms with E-state index in [2.05, 4.69) is 96.1 Å². The molecule has 192 valence electrons. The third-order valence-electron chi connectivity index (χ3n) is 7.29. The molecule has 0 radical (unpaired) electrons. The summed E-state index contributed by atoms with van der Waals surface area (Å²) >= 11 is 0. The Balaban J connectivity index is 2.09. The van der Waals surface area contributed by atoms with Crippen molar-refractivity contribution in [1.29, 1.82) is 0 Å². The Hall–Kier alpha value is -2.40. The fourth-order valence-corrected chi connectivity index (χ4v) is 3.94. The zero-order chi connectivity index (χ0) is 27.1. The van der Waals surface area contributed by atoms with Crippen LogP contribution in [0.5, 0.6) is 0 Å². The lowest BCUT2D eigenvalue weighted by atomic mass is 9.74. The van der Waals surface area contributed by atoms with E-state index in [-0.39, 0.29) is 10.8 Å². The molecule has 2 N–H and O–H groups in total. The molecule has 0 aromatic heterocycles. The van der Waals surface area contributed by atoms with Gasteiger partial charge in [0, 0.05) is 0 Å². The maximum absolute atomic E-state index is 11.1. The van der Waals surface area contributed by atoms with Crippen LogP contribution in [0, 0.1) is 0 Å². The summed E-state index contributed by atoms with van der Waals surface area (Å²) in [5.74, 6) is 0. The van der Waals surface area contributed by atoms with Gasteiger partial charge in [-0.2, -0.15) is 0 Å². The predicted octanol–water partition coefficient (Wildman–Crippen LogP) is 6.87. The summed E-state index contributed by atoms with van der Waals surface area (Å²) in [6, 6.07) is 23.4. The van der Waals surface area contributed by atoms with Gasteiger partial charge in [0.25, 0.3) is 0 Å². The Morgan fingerprint density at radius 3 is 1.22 bits per heavy atom. The Morgan fingerprint density at radius 1 is 0.556 bits per heavy atom. The molecule has 0 aliphatic rings. The first-order valence-electron chi connectivity index (χ1n) is 12.8. The molecular formula is C32H43BO3. The molecule has 0 aliphatic carbocycles.